The fourth-order valence-corrected chi connectivity index (χ4v) is 4.44. The van der Waals surface area contributed by atoms with Crippen molar-refractivity contribution in [3.05, 3.63) is 102 Å². The zero-order valence-electron chi connectivity index (χ0n) is 20.5. The number of ether oxygens (including phenoxy) is 3. The van der Waals surface area contributed by atoms with Gasteiger partial charge in [0.2, 0.25) is 5.75 Å². The van der Waals surface area contributed by atoms with Crippen LogP contribution in [-0.2, 0) is 0 Å². The van der Waals surface area contributed by atoms with E-state index in [0.29, 0.717) is 23.7 Å². The maximum absolute atomic E-state index is 5.63. The third-order valence-corrected chi connectivity index (χ3v) is 6.17. The highest BCUT2D eigenvalue weighted by molar-refractivity contribution is 6.04. The second kappa shape index (κ2) is 10.4. The lowest BCUT2D eigenvalue weighted by Crippen LogP contribution is -2.18. The molecule has 182 valence electrons. The minimum atomic E-state index is -0.0482. The molecule has 0 radical (unpaired) electrons. The van der Waals surface area contributed by atoms with Crippen LogP contribution in [-0.4, -0.2) is 32.0 Å². The summed E-state index contributed by atoms with van der Waals surface area (Å²) < 4.78 is 16.8. The van der Waals surface area contributed by atoms with E-state index in [1.54, 1.807) is 33.7 Å². The van der Waals surface area contributed by atoms with Crippen molar-refractivity contribution in [2.24, 2.45) is 5.10 Å². The fraction of sp³-hybridized carbons (Fsp3) is 0.172. The van der Waals surface area contributed by atoms with Crippen molar-refractivity contribution in [2.45, 2.75) is 12.5 Å². The molecule has 3 aromatic carbocycles. The molecule has 1 aromatic heterocycles. The van der Waals surface area contributed by atoms with Crippen molar-refractivity contribution in [3.8, 4) is 17.2 Å². The van der Waals surface area contributed by atoms with Gasteiger partial charge in [0.05, 0.1) is 38.8 Å². The zero-order valence-corrected chi connectivity index (χ0v) is 20.5. The lowest BCUT2D eigenvalue weighted by molar-refractivity contribution is 0.323. The molecule has 0 fully saturated rings. The monoisotopic (exact) mass is 480 g/mol. The molecule has 1 aliphatic rings. The Morgan fingerprint density at radius 2 is 1.50 bits per heavy atom. The molecule has 0 saturated carbocycles. The molecule has 0 spiro atoms. The van der Waals surface area contributed by atoms with Crippen LogP contribution in [0.1, 0.15) is 23.6 Å². The normalized spacial score (nSPS) is 14.8. The summed E-state index contributed by atoms with van der Waals surface area (Å²) in [6.45, 7) is 0. The average molecular weight is 481 g/mol. The fourth-order valence-electron chi connectivity index (χ4n) is 4.44. The molecule has 1 atom stereocenters. The highest BCUT2D eigenvalue weighted by atomic mass is 16.5. The van der Waals surface area contributed by atoms with E-state index in [4.69, 9.17) is 19.3 Å². The summed E-state index contributed by atoms with van der Waals surface area (Å²) in [4.78, 5) is 4.09. The Bertz CT molecular complexity index is 1330. The number of nitrogens with one attached hydrogen (secondary N) is 1. The SMILES string of the molecule is COc1cc(C2CC(c3cccc(Nc4ccncc4)c3)=NN2c2ccccc2)cc(OC)c1OC. The molecule has 1 unspecified atom stereocenters. The van der Waals surface area contributed by atoms with Gasteiger partial charge in [0.15, 0.2) is 11.5 Å². The van der Waals surface area contributed by atoms with Crippen molar-refractivity contribution >= 4 is 22.8 Å². The number of benzene rings is 3. The Hall–Kier alpha value is -4.52. The summed E-state index contributed by atoms with van der Waals surface area (Å²) in [5.74, 6) is 1.82. The maximum atomic E-state index is 5.63. The average Bonchev–Trinajstić information content (AvgIpc) is 3.39. The number of rotatable bonds is 8. The second-order valence-corrected chi connectivity index (χ2v) is 8.35. The van der Waals surface area contributed by atoms with Crippen molar-refractivity contribution in [1.29, 1.82) is 0 Å². The van der Waals surface area contributed by atoms with E-state index >= 15 is 0 Å². The Kier molecular flexibility index (Phi) is 6.71. The lowest BCUT2D eigenvalue weighted by atomic mass is 9.97. The van der Waals surface area contributed by atoms with E-state index < -0.39 is 0 Å². The molecule has 0 saturated heterocycles. The number of pyridine rings is 1. The van der Waals surface area contributed by atoms with Gasteiger partial charge in [0, 0.05) is 30.2 Å². The van der Waals surface area contributed by atoms with Gasteiger partial charge in [-0.05, 0) is 59.7 Å². The van der Waals surface area contributed by atoms with Crippen molar-refractivity contribution in [2.75, 3.05) is 31.7 Å². The van der Waals surface area contributed by atoms with Gasteiger partial charge in [-0.15, -0.1) is 0 Å². The molecule has 0 bridgehead atoms. The van der Waals surface area contributed by atoms with Gasteiger partial charge in [-0.2, -0.15) is 5.10 Å². The van der Waals surface area contributed by atoms with E-state index in [9.17, 15) is 0 Å². The van der Waals surface area contributed by atoms with Gasteiger partial charge in [0.1, 0.15) is 0 Å². The molecule has 0 aliphatic carbocycles. The predicted octanol–water partition coefficient (Wildman–Crippen LogP) is 6.21. The molecular formula is C29H28N4O3. The van der Waals surface area contributed by atoms with Crippen LogP contribution in [0.4, 0.5) is 17.1 Å². The van der Waals surface area contributed by atoms with Gasteiger partial charge in [-0.1, -0.05) is 30.3 Å². The van der Waals surface area contributed by atoms with Crippen LogP contribution in [0.5, 0.6) is 17.2 Å². The summed E-state index contributed by atoms with van der Waals surface area (Å²) in [7, 11) is 4.88. The largest absolute Gasteiger partial charge is 0.493 e. The summed E-state index contributed by atoms with van der Waals surface area (Å²) in [5.41, 5.74) is 6.07. The lowest BCUT2D eigenvalue weighted by Gasteiger charge is -2.25. The third-order valence-electron chi connectivity index (χ3n) is 6.17. The van der Waals surface area contributed by atoms with E-state index in [-0.39, 0.29) is 6.04 Å². The number of nitrogens with zero attached hydrogens (tertiary/aromatic N) is 3. The molecule has 7 nitrogen and oxygen atoms in total. The van der Waals surface area contributed by atoms with E-state index in [1.807, 2.05) is 54.6 Å². The first-order valence-electron chi connectivity index (χ1n) is 11.7. The highest BCUT2D eigenvalue weighted by Crippen LogP contribution is 2.44. The number of hydrogen-bond donors (Lipinski definition) is 1. The first-order valence-corrected chi connectivity index (χ1v) is 11.7. The minimum Gasteiger partial charge on any atom is -0.493 e. The number of hydrazone groups is 1. The Morgan fingerprint density at radius 1 is 0.778 bits per heavy atom. The summed E-state index contributed by atoms with van der Waals surface area (Å²) in [5, 5.41) is 10.6. The van der Waals surface area contributed by atoms with Gasteiger partial charge in [-0.3, -0.25) is 9.99 Å². The molecular weight excluding hydrogens is 452 g/mol. The molecule has 7 heteroatoms. The van der Waals surface area contributed by atoms with Crippen LogP contribution < -0.4 is 24.5 Å². The number of anilines is 3. The Morgan fingerprint density at radius 3 is 2.17 bits per heavy atom. The first-order chi connectivity index (χ1) is 17.7. The van der Waals surface area contributed by atoms with Gasteiger partial charge in [0.25, 0.3) is 0 Å². The molecule has 5 rings (SSSR count). The van der Waals surface area contributed by atoms with Crippen LogP contribution in [0.25, 0.3) is 0 Å². The number of methoxy groups -OCH3 is 3. The topological polar surface area (TPSA) is 68.2 Å². The van der Waals surface area contributed by atoms with Crippen LogP contribution in [0.3, 0.4) is 0 Å². The second-order valence-electron chi connectivity index (χ2n) is 8.35. The predicted molar refractivity (Wildman–Crippen MR) is 143 cm³/mol. The summed E-state index contributed by atoms with van der Waals surface area (Å²) in [6.07, 6.45) is 4.26. The van der Waals surface area contributed by atoms with Crippen LogP contribution >= 0.6 is 0 Å². The first kappa shape index (κ1) is 23.2. The number of aromatic nitrogens is 1. The van der Waals surface area contributed by atoms with E-state index in [1.165, 1.54) is 0 Å². The van der Waals surface area contributed by atoms with E-state index in [2.05, 4.69) is 39.6 Å². The van der Waals surface area contributed by atoms with Crippen LogP contribution in [0.15, 0.2) is 96.4 Å². The van der Waals surface area contributed by atoms with Gasteiger partial charge in [-0.25, -0.2) is 0 Å². The minimum absolute atomic E-state index is 0.0482. The molecule has 0 amide bonds. The third kappa shape index (κ3) is 4.68. The van der Waals surface area contributed by atoms with Crippen molar-refractivity contribution < 1.29 is 14.2 Å². The van der Waals surface area contributed by atoms with E-state index in [0.717, 1.165) is 33.9 Å². The van der Waals surface area contributed by atoms with Gasteiger partial charge >= 0.3 is 0 Å². The standard InChI is InChI=1S/C29H28N4O3/c1-34-27-17-21(18-28(35-2)29(27)36-3)26-19-25(32-33(26)24-10-5-4-6-11-24)20-8-7-9-23(16-20)31-22-12-14-30-15-13-22/h4-18,26H,19H2,1-3H3,(H,30,31). The Balaban J connectivity index is 1.52. The van der Waals surface area contributed by atoms with Crippen LogP contribution in [0, 0.1) is 0 Å². The highest BCUT2D eigenvalue weighted by Gasteiger charge is 2.31. The van der Waals surface area contributed by atoms with Crippen molar-refractivity contribution in [1.82, 2.24) is 4.98 Å². The molecule has 4 aromatic rings. The quantitative estimate of drug-likeness (QED) is 0.324. The Labute approximate surface area is 211 Å². The van der Waals surface area contributed by atoms with Crippen LogP contribution in [0.2, 0.25) is 0 Å². The summed E-state index contributed by atoms with van der Waals surface area (Å²) >= 11 is 0. The smallest absolute Gasteiger partial charge is 0.203 e. The van der Waals surface area contributed by atoms with Crippen molar-refractivity contribution in [3.63, 3.8) is 0 Å². The molecule has 2 heterocycles. The van der Waals surface area contributed by atoms with Gasteiger partial charge < -0.3 is 19.5 Å². The summed E-state index contributed by atoms with van der Waals surface area (Å²) in [6, 6.07) is 26.3. The molecule has 1 N–H and O–H groups in total. The maximum Gasteiger partial charge on any atom is 0.203 e. The zero-order chi connectivity index (χ0) is 24.9. The molecule has 1 aliphatic heterocycles. The number of para-hydroxylation sites is 1. The number of hydrogen-bond acceptors (Lipinski definition) is 7. The molecule has 36 heavy (non-hydrogen) atoms.